The van der Waals surface area contributed by atoms with E-state index >= 15 is 0 Å². The van der Waals surface area contributed by atoms with Gasteiger partial charge in [-0.1, -0.05) is 37.0 Å². The number of benzene rings is 2. The Hall–Kier alpha value is -2.57. The molecular weight excluding hydrogens is 450 g/mol. The predicted octanol–water partition coefficient (Wildman–Crippen LogP) is 6.47. The van der Waals surface area contributed by atoms with Gasteiger partial charge in [-0.25, -0.2) is 9.37 Å². The number of nitrogens with zero attached hydrogens (tertiary/aromatic N) is 3. The maximum Gasteiger partial charge on any atom is 0.226 e. The number of hydrogen-bond acceptors (Lipinski definition) is 3. The molecule has 2 aromatic carbocycles. The summed E-state index contributed by atoms with van der Waals surface area (Å²) in [6.45, 7) is 8.95. The molecule has 0 saturated carbocycles. The number of amides is 1. The molecule has 32 heavy (non-hydrogen) atoms. The SMILES string of the molecule is CC(C)C(=O)N1CCn2c(nc(-c3ccc(F)cc3)c2Nc2ccc(Cl)c(Cl)c2)C1(C)C. The van der Waals surface area contributed by atoms with Crippen LogP contribution in [0.2, 0.25) is 10.0 Å². The molecule has 0 atom stereocenters. The van der Waals surface area contributed by atoms with Gasteiger partial charge in [-0.15, -0.1) is 0 Å². The van der Waals surface area contributed by atoms with Crippen LogP contribution in [0.4, 0.5) is 15.9 Å². The fourth-order valence-electron chi connectivity index (χ4n) is 4.08. The quantitative estimate of drug-likeness (QED) is 0.470. The van der Waals surface area contributed by atoms with Gasteiger partial charge in [0.1, 0.15) is 23.2 Å². The van der Waals surface area contributed by atoms with Gasteiger partial charge in [0, 0.05) is 30.3 Å². The van der Waals surface area contributed by atoms with Crippen molar-refractivity contribution in [3.8, 4) is 11.3 Å². The Morgan fingerprint density at radius 1 is 1.09 bits per heavy atom. The third-order valence-electron chi connectivity index (χ3n) is 5.80. The number of anilines is 2. The Bertz CT molecular complexity index is 1170. The van der Waals surface area contributed by atoms with E-state index in [1.54, 1.807) is 24.3 Å². The van der Waals surface area contributed by atoms with Crippen molar-refractivity contribution in [3.63, 3.8) is 0 Å². The van der Waals surface area contributed by atoms with Crippen LogP contribution in [0.25, 0.3) is 11.3 Å². The highest BCUT2D eigenvalue weighted by Gasteiger charge is 2.42. The van der Waals surface area contributed by atoms with Gasteiger partial charge in [0.15, 0.2) is 0 Å². The van der Waals surface area contributed by atoms with E-state index in [4.69, 9.17) is 28.2 Å². The zero-order valence-electron chi connectivity index (χ0n) is 18.4. The zero-order chi connectivity index (χ0) is 23.2. The highest BCUT2D eigenvalue weighted by atomic mass is 35.5. The summed E-state index contributed by atoms with van der Waals surface area (Å²) in [5, 5.41) is 4.33. The average molecular weight is 475 g/mol. The lowest BCUT2D eigenvalue weighted by molar-refractivity contribution is -0.142. The lowest BCUT2D eigenvalue weighted by Gasteiger charge is -2.43. The smallest absolute Gasteiger partial charge is 0.226 e. The number of imidazole rings is 1. The molecule has 168 valence electrons. The van der Waals surface area contributed by atoms with E-state index < -0.39 is 5.54 Å². The maximum atomic E-state index is 13.6. The molecular formula is C24H25Cl2FN4O. The van der Waals surface area contributed by atoms with E-state index in [9.17, 15) is 9.18 Å². The molecule has 2 heterocycles. The number of nitrogens with one attached hydrogen (secondary N) is 1. The summed E-state index contributed by atoms with van der Waals surface area (Å²) in [4.78, 5) is 19.7. The fraction of sp³-hybridized carbons (Fsp3) is 0.333. The van der Waals surface area contributed by atoms with Crippen molar-refractivity contribution in [1.29, 1.82) is 0 Å². The molecule has 8 heteroatoms. The van der Waals surface area contributed by atoms with Crippen LogP contribution in [0.3, 0.4) is 0 Å². The van der Waals surface area contributed by atoms with E-state index in [0.29, 0.717) is 28.8 Å². The molecule has 3 aromatic rings. The molecule has 0 fully saturated rings. The lowest BCUT2D eigenvalue weighted by Crippen LogP contribution is -2.53. The molecule has 4 rings (SSSR count). The molecule has 0 radical (unpaired) electrons. The van der Waals surface area contributed by atoms with E-state index in [2.05, 4.69) is 9.88 Å². The second-order valence-electron chi connectivity index (χ2n) is 8.75. The largest absolute Gasteiger partial charge is 0.340 e. The second kappa shape index (κ2) is 8.41. The first kappa shape index (κ1) is 22.6. The van der Waals surface area contributed by atoms with Crippen molar-refractivity contribution in [2.24, 2.45) is 5.92 Å². The van der Waals surface area contributed by atoms with Crippen molar-refractivity contribution in [2.45, 2.75) is 39.8 Å². The molecule has 0 saturated heterocycles. The number of aromatic nitrogens is 2. The highest BCUT2D eigenvalue weighted by Crippen LogP contribution is 2.40. The van der Waals surface area contributed by atoms with E-state index in [1.807, 2.05) is 38.7 Å². The van der Waals surface area contributed by atoms with Crippen LogP contribution in [-0.2, 0) is 16.9 Å². The Labute approximate surface area is 197 Å². The summed E-state index contributed by atoms with van der Waals surface area (Å²) in [5.74, 6) is 1.19. The van der Waals surface area contributed by atoms with Gasteiger partial charge in [-0.2, -0.15) is 0 Å². The number of carbonyl (C=O) groups excluding carboxylic acids is 1. The first-order valence-electron chi connectivity index (χ1n) is 10.5. The summed E-state index contributed by atoms with van der Waals surface area (Å²) in [5.41, 5.74) is 1.58. The van der Waals surface area contributed by atoms with Gasteiger partial charge in [0.2, 0.25) is 5.91 Å². The molecule has 0 spiro atoms. The van der Waals surface area contributed by atoms with Gasteiger partial charge >= 0.3 is 0 Å². The summed E-state index contributed by atoms with van der Waals surface area (Å²) < 4.78 is 15.7. The second-order valence-corrected chi connectivity index (χ2v) is 9.56. The van der Waals surface area contributed by atoms with Gasteiger partial charge < -0.3 is 14.8 Å². The Balaban J connectivity index is 1.86. The first-order chi connectivity index (χ1) is 15.1. The van der Waals surface area contributed by atoms with Crippen LogP contribution < -0.4 is 5.32 Å². The van der Waals surface area contributed by atoms with Crippen LogP contribution in [0, 0.1) is 11.7 Å². The Morgan fingerprint density at radius 2 is 1.78 bits per heavy atom. The minimum atomic E-state index is -0.619. The van der Waals surface area contributed by atoms with Crippen LogP contribution in [-0.4, -0.2) is 26.9 Å². The molecule has 0 bridgehead atoms. The third-order valence-corrected chi connectivity index (χ3v) is 6.54. The number of carbonyl (C=O) groups is 1. The van der Waals surface area contributed by atoms with Crippen LogP contribution in [0.5, 0.6) is 0 Å². The van der Waals surface area contributed by atoms with E-state index in [-0.39, 0.29) is 17.6 Å². The van der Waals surface area contributed by atoms with Crippen molar-refractivity contribution in [2.75, 3.05) is 11.9 Å². The molecule has 1 amide bonds. The standard InChI is InChI=1S/C24H25Cl2FN4O/c1-14(2)22(32)31-12-11-30-21(28-17-9-10-18(25)19(26)13-17)20(29-23(30)24(31,3)4)15-5-7-16(27)8-6-15/h5-10,13-14,28H,11-12H2,1-4H3. The van der Waals surface area contributed by atoms with Crippen LogP contribution >= 0.6 is 23.2 Å². The topological polar surface area (TPSA) is 50.2 Å². The average Bonchev–Trinajstić information content (AvgIpc) is 3.10. The first-order valence-corrected chi connectivity index (χ1v) is 11.3. The van der Waals surface area contributed by atoms with Gasteiger partial charge in [-0.3, -0.25) is 4.79 Å². The minimum Gasteiger partial charge on any atom is -0.340 e. The summed E-state index contributed by atoms with van der Waals surface area (Å²) in [7, 11) is 0. The van der Waals surface area contributed by atoms with Crippen molar-refractivity contribution in [1.82, 2.24) is 14.5 Å². The normalized spacial score (nSPS) is 15.1. The van der Waals surface area contributed by atoms with E-state index in [1.165, 1.54) is 12.1 Å². The maximum absolute atomic E-state index is 13.6. The Kier molecular flexibility index (Phi) is 5.94. The van der Waals surface area contributed by atoms with Gasteiger partial charge in [0.25, 0.3) is 0 Å². The summed E-state index contributed by atoms with van der Waals surface area (Å²) >= 11 is 12.3. The predicted molar refractivity (Wildman–Crippen MR) is 127 cm³/mol. The van der Waals surface area contributed by atoms with Crippen LogP contribution in [0.15, 0.2) is 42.5 Å². The number of rotatable bonds is 4. The number of hydrogen-bond donors (Lipinski definition) is 1. The van der Waals surface area contributed by atoms with E-state index in [0.717, 1.165) is 22.9 Å². The van der Waals surface area contributed by atoms with Crippen LogP contribution in [0.1, 0.15) is 33.5 Å². The van der Waals surface area contributed by atoms with Gasteiger partial charge in [-0.05, 0) is 56.3 Å². The third kappa shape index (κ3) is 3.97. The monoisotopic (exact) mass is 474 g/mol. The van der Waals surface area contributed by atoms with Crippen molar-refractivity contribution < 1.29 is 9.18 Å². The summed E-state index contributed by atoms with van der Waals surface area (Å²) in [6.07, 6.45) is 0. The minimum absolute atomic E-state index is 0.0894. The molecule has 0 aliphatic carbocycles. The number of halogens is 3. The number of fused-ring (bicyclic) bond motifs is 1. The molecule has 0 unspecified atom stereocenters. The molecule has 1 aliphatic heterocycles. The molecule has 5 nitrogen and oxygen atoms in total. The van der Waals surface area contributed by atoms with Gasteiger partial charge in [0.05, 0.1) is 15.6 Å². The van der Waals surface area contributed by atoms with Crippen molar-refractivity contribution >= 4 is 40.6 Å². The highest BCUT2D eigenvalue weighted by molar-refractivity contribution is 6.42. The Morgan fingerprint density at radius 3 is 2.41 bits per heavy atom. The molecule has 1 N–H and O–H groups in total. The summed E-state index contributed by atoms with van der Waals surface area (Å²) in [6, 6.07) is 11.5. The molecule has 1 aliphatic rings. The zero-order valence-corrected chi connectivity index (χ0v) is 19.9. The molecule has 1 aromatic heterocycles. The van der Waals surface area contributed by atoms with Crippen molar-refractivity contribution in [3.05, 3.63) is 64.2 Å². The lowest BCUT2D eigenvalue weighted by atomic mass is 9.97. The fourth-order valence-corrected chi connectivity index (χ4v) is 4.38.